The van der Waals surface area contributed by atoms with E-state index in [1.165, 1.54) is 0 Å². The number of aryl methyl sites for hydroxylation is 1. The first-order valence-corrected chi connectivity index (χ1v) is 8.04. The number of nitrogen functional groups attached to an aromatic ring is 1. The Morgan fingerprint density at radius 2 is 1.96 bits per heavy atom. The SMILES string of the molecule is CCOC(=O)C(Nc1ccc(C(=N)N)cc1)c1cccc(C)c1S. The summed E-state index contributed by atoms with van der Waals surface area (Å²) >= 11 is 4.53. The summed E-state index contributed by atoms with van der Waals surface area (Å²) in [7, 11) is 0. The first-order chi connectivity index (χ1) is 11.4. The molecule has 2 rings (SSSR count). The largest absolute Gasteiger partial charge is 0.464 e. The summed E-state index contributed by atoms with van der Waals surface area (Å²) in [5, 5.41) is 10.6. The van der Waals surface area contributed by atoms with Crippen LogP contribution in [0.25, 0.3) is 0 Å². The molecule has 0 saturated carbocycles. The van der Waals surface area contributed by atoms with Crippen LogP contribution >= 0.6 is 12.6 Å². The number of amidine groups is 1. The van der Waals surface area contributed by atoms with Crippen LogP contribution in [0.5, 0.6) is 0 Å². The van der Waals surface area contributed by atoms with Gasteiger partial charge in [0.1, 0.15) is 5.84 Å². The number of hydrogen-bond donors (Lipinski definition) is 4. The molecule has 0 amide bonds. The molecular formula is C18H21N3O2S. The molecule has 1 unspecified atom stereocenters. The minimum absolute atomic E-state index is 0.000165. The zero-order valence-electron chi connectivity index (χ0n) is 13.7. The zero-order valence-corrected chi connectivity index (χ0v) is 14.6. The number of thiol groups is 1. The molecule has 6 heteroatoms. The van der Waals surface area contributed by atoms with Crippen molar-refractivity contribution >= 4 is 30.1 Å². The fourth-order valence-corrected chi connectivity index (χ4v) is 2.59. The second-order valence-corrected chi connectivity index (χ2v) is 5.78. The Labute approximate surface area is 147 Å². The quantitative estimate of drug-likeness (QED) is 0.280. The number of benzene rings is 2. The number of carbonyl (C=O) groups is 1. The fraction of sp³-hybridized carbons (Fsp3) is 0.222. The number of ether oxygens (including phenoxy) is 1. The highest BCUT2D eigenvalue weighted by atomic mass is 32.1. The molecule has 24 heavy (non-hydrogen) atoms. The number of nitrogens with two attached hydrogens (primary N) is 1. The molecule has 0 spiro atoms. The molecule has 0 aliphatic carbocycles. The highest BCUT2D eigenvalue weighted by molar-refractivity contribution is 7.80. The number of esters is 1. The van der Waals surface area contributed by atoms with Crippen LogP contribution in [0.15, 0.2) is 47.4 Å². The Morgan fingerprint density at radius 1 is 1.29 bits per heavy atom. The highest BCUT2D eigenvalue weighted by Crippen LogP contribution is 2.28. The van der Waals surface area contributed by atoms with Crippen LogP contribution in [0.4, 0.5) is 5.69 Å². The standard InChI is InChI=1S/C18H21N3O2S/c1-3-23-18(22)15(14-6-4-5-11(2)16(14)24)21-13-9-7-12(8-10-13)17(19)20/h4-10,15,21,24H,3H2,1-2H3,(H3,19,20). The van der Waals surface area contributed by atoms with Crippen LogP contribution in [-0.2, 0) is 9.53 Å². The van der Waals surface area contributed by atoms with Gasteiger partial charge in [-0.25, -0.2) is 4.79 Å². The summed E-state index contributed by atoms with van der Waals surface area (Å²) < 4.78 is 5.20. The van der Waals surface area contributed by atoms with Gasteiger partial charge in [-0.2, -0.15) is 0 Å². The molecule has 0 aliphatic heterocycles. The van der Waals surface area contributed by atoms with E-state index in [-0.39, 0.29) is 11.8 Å². The molecule has 0 heterocycles. The minimum atomic E-state index is -0.666. The van der Waals surface area contributed by atoms with E-state index in [2.05, 4.69) is 17.9 Å². The summed E-state index contributed by atoms with van der Waals surface area (Å²) in [5.74, 6) is -0.367. The average molecular weight is 343 g/mol. The van der Waals surface area contributed by atoms with E-state index in [1.807, 2.05) is 25.1 Å². The lowest BCUT2D eigenvalue weighted by molar-refractivity contribution is -0.144. The molecule has 2 aromatic carbocycles. The van der Waals surface area contributed by atoms with Crippen molar-refractivity contribution in [2.45, 2.75) is 24.8 Å². The zero-order chi connectivity index (χ0) is 17.7. The van der Waals surface area contributed by atoms with Crippen molar-refractivity contribution in [3.05, 3.63) is 59.2 Å². The maximum Gasteiger partial charge on any atom is 0.333 e. The van der Waals surface area contributed by atoms with Crippen molar-refractivity contribution in [1.82, 2.24) is 0 Å². The lowest BCUT2D eigenvalue weighted by atomic mass is 10.0. The first kappa shape index (κ1) is 17.9. The molecule has 0 aromatic heterocycles. The molecule has 5 nitrogen and oxygen atoms in total. The molecule has 0 saturated heterocycles. The Hall–Kier alpha value is -2.47. The first-order valence-electron chi connectivity index (χ1n) is 7.60. The third kappa shape index (κ3) is 4.08. The van der Waals surface area contributed by atoms with Gasteiger partial charge in [-0.1, -0.05) is 18.2 Å². The smallest absolute Gasteiger partial charge is 0.333 e. The highest BCUT2D eigenvalue weighted by Gasteiger charge is 2.24. The van der Waals surface area contributed by atoms with Gasteiger partial charge in [-0.15, -0.1) is 12.6 Å². The molecule has 0 bridgehead atoms. The summed E-state index contributed by atoms with van der Waals surface area (Å²) in [6.07, 6.45) is 0. The van der Waals surface area contributed by atoms with Gasteiger partial charge in [-0.3, -0.25) is 5.41 Å². The number of anilines is 1. The number of hydrogen-bond acceptors (Lipinski definition) is 5. The van der Waals surface area contributed by atoms with E-state index < -0.39 is 6.04 Å². The van der Waals surface area contributed by atoms with Crippen LogP contribution in [0.1, 0.15) is 29.7 Å². The summed E-state index contributed by atoms with van der Waals surface area (Å²) in [4.78, 5) is 13.2. The third-order valence-corrected chi connectivity index (χ3v) is 4.22. The monoisotopic (exact) mass is 343 g/mol. The molecule has 2 aromatic rings. The van der Waals surface area contributed by atoms with Crippen LogP contribution in [0.3, 0.4) is 0 Å². The van der Waals surface area contributed by atoms with Gasteiger partial charge in [0.2, 0.25) is 0 Å². The van der Waals surface area contributed by atoms with Gasteiger partial charge in [0.05, 0.1) is 6.61 Å². The van der Waals surface area contributed by atoms with Gasteiger partial charge < -0.3 is 15.8 Å². The van der Waals surface area contributed by atoms with Gasteiger partial charge in [-0.05, 0) is 49.2 Å². The van der Waals surface area contributed by atoms with Crippen molar-refractivity contribution in [1.29, 1.82) is 5.41 Å². The Bertz CT molecular complexity index is 744. The number of nitrogens with one attached hydrogen (secondary N) is 2. The second-order valence-electron chi connectivity index (χ2n) is 5.33. The molecule has 0 radical (unpaired) electrons. The predicted molar refractivity (Wildman–Crippen MR) is 98.9 cm³/mol. The molecule has 0 fully saturated rings. The molecule has 0 aliphatic rings. The van der Waals surface area contributed by atoms with Gasteiger partial charge in [0, 0.05) is 16.1 Å². The summed E-state index contributed by atoms with van der Waals surface area (Å²) in [6.45, 7) is 4.01. The van der Waals surface area contributed by atoms with E-state index in [4.69, 9.17) is 15.9 Å². The van der Waals surface area contributed by atoms with Crippen LogP contribution in [0.2, 0.25) is 0 Å². The molecule has 126 valence electrons. The Morgan fingerprint density at radius 3 is 2.54 bits per heavy atom. The lowest BCUT2D eigenvalue weighted by Crippen LogP contribution is -2.24. The van der Waals surface area contributed by atoms with Crippen LogP contribution < -0.4 is 11.1 Å². The molecule has 1 atom stereocenters. The minimum Gasteiger partial charge on any atom is -0.464 e. The van der Waals surface area contributed by atoms with Crippen molar-refractivity contribution in [3.63, 3.8) is 0 Å². The Balaban J connectivity index is 2.34. The number of carbonyl (C=O) groups excluding carboxylic acids is 1. The topological polar surface area (TPSA) is 88.2 Å². The van der Waals surface area contributed by atoms with Crippen molar-refractivity contribution < 1.29 is 9.53 Å². The molecule has 4 N–H and O–H groups in total. The van der Waals surface area contributed by atoms with Crippen LogP contribution in [-0.4, -0.2) is 18.4 Å². The van der Waals surface area contributed by atoms with Crippen LogP contribution in [0, 0.1) is 12.3 Å². The normalized spacial score (nSPS) is 11.6. The van der Waals surface area contributed by atoms with Gasteiger partial charge in [0.25, 0.3) is 0 Å². The maximum absolute atomic E-state index is 12.4. The Kier molecular flexibility index (Phi) is 5.87. The van der Waals surface area contributed by atoms with Gasteiger partial charge >= 0.3 is 5.97 Å². The van der Waals surface area contributed by atoms with E-state index in [1.54, 1.807) is 31.2 Å². The van der Waals surface area contributed by atoms with Crippen molar-refractivity contribution in [2.24, 2.45) is 5.73 Å². The predicted octanol–water partition coefficient (Wildman–Crippen LogP) is 3.28. The van der Waals surface area contributed by atoms with Crippen molar-refractivity contribution in [3.8, 4) is 0 Å². The van der Waals surface area contributed by atoms with Crippen molar-refractivity contribution in [2.75, 3.05) is 11.9 Å². The maximum atomic E-state index is 12.4. The molecular weight excluding hydrogens is 322 g/mol. The fourth-order valence-electron chi connectivity index (χ4n) is 2.32. The summed E-state index contributed by atoms with van der Waals surface area (Å²) in [5.41, 5.74) is 8.55. The third-order valence-electron chi connectivity index (χ3n) is 3.61. The van der Waals surface area contributed by atoms with Gasteiger partial charge in [0.15, 0.2) is 6.04 Å². The van der Waals surface area contributed by atoms with E-state index in [9.17, 15) is 4.79 Å². The lowest BCUT2D eigenvalue weighted by Gasteiger charge is -2.21. The van der Waals surface area contributed by atoms with E-state index in [0.717, 1.165) is 21.7 Å². The van der Waals surface area contributed by atoms with E-state index in [0.29, 0.717) is 12.2 Å². The summed E-state index contributed by atoms with van der Waals surface area (Å²) in [6, 6.07) is 12.0. The number of rotatable bonds is 6. The second kappa shape index (κ2) is 7.88. The van der Waals surface area contributed by atoms with E-state index >= 15 is 0 Å². The average Bonchev–Trinajstić information content (AvgIpc) is 2.56.